The molecule has 158 valence electrons. The summed E-state index contributed by atoms with van der Waals surface area (Å²) in [7, 11) is 0. The van der Waals surface area contributed by atoms with E-state index in [0.717, 1.165) is 81.9 Å². The molecule has 2 aliphatic heterocycles. The van der Waals surface area contributed by atoms with Gasteiger partial charge in [-0.25, -0.2) is 0 Å². The number of hydrogen-bond acceptors (Lipinski definition) is 5. The summed E-state index contributed by atoms with van der Waals surface area (Å²) in [5.74, 6) is 0.979. The number of benzene rings is 1. The van der Waals surface area contributed by atoms with Crippen molar-refractivity contribution in [3.63, 3.8) is 0 Å². The van der Waals surface area contributed by atoms with E-state index in [0.29, 0.717) is 5.92 Å². The van der Waals surface area contributed by atoms with Gasteiger partial charge in [-0.1, -0.05) is 19.4 Å². The van der Waals surface area contributed by atoms with Gasteiger partial charge in [0.1, 0.15) is 5.52 Å². The minimum absolute atomic E-state index is 0.193. The number of carbonyl (C=O) groups is 1. The van der Waals surface area contributed by atoms with Crippen LogP contribution in [0.25, 0.3) is 11.1 Å². The lowest BCUT2D eigenvalue weighted by Gasteiger charge is -2.31. The van der Waals surface area contributed by atoms with Gasteiger partial charge in [0, 0.05) is 25.6 Å². The van der Waals surface area contributed by atoms with Crippen molar-refractivity contribution >= 4 is 23.0 Å². The Kier molecular flexibility index (Phi) is 6.70. The monoisotopic (exact) mass is 398 g/mol. The standard InChI is InChI=1S/C23H34N4O2/c1-2-3-4-17-5-6-21-20(15-17)26-23(29-21)27-13-9-18(10-14-27)16-25-22(28)19-7-11-24-12-8-19/h5-6,15,18-19,24H,2-4,7-14,16H2,1H3,(H,25,28). The highest BCUT2D eigenvalue weighted by atomic mass is 16.4. The molecule has 3 heterocycles. The molecule has 0 unspecified atom stereocenters. The predicted octanol–water partition coefficient (Wildman–Crippen LogP) is 3.50. The zero-order valence-electron chi connectivity index (χ0n) is 17.6. The molecule has 6 heteroatoms. The van der Waals surface area contributed by atoms with Gasteiger partial charge < -0.3 is 20.0 Å². The maximum atomic E-state index is 12.3. The number of nitrogens with zero attached hydrogens (tertiary/aromatic N) is 2. The Morgan fingerprint density at radius 1 is 1.24 bits per heavy atom. The summed E-state index contributed by atoms with van der Waals surface area (Å²) in [6, 6.07) is 7.12. The third kappa shape index (κ3) is 5.10. The highest BCUT2D eigenvalue weighted by molar-refractivity contribution is 5.78. The van der Waals surface area contributed by atoms with E-state index in [-0.39, 0.29) is 11.8 Å². The van der Waals surface area contributed by atoms with Crippen LogP contribution in [0.4, 0.5) is 6.01 Å². The molecule has 4 rings (SSSR count). The summed E-state index contributed by atoms with van der Waals surface area (Å²) in [5.41, 5.74) is 3.17. The fraction of sp³-hybridized carbons (Fsp3) is 0.652. The molecule has 1 aromatic heterocycles. The zero-order chi connectivity index (χ0) is 20.1. The van der Waals surface area contributed by atoms with E-state index >= 15 is 0 Å². The molecule has 1 aromatic carbocycles. The lowest BCUT2D eigenvalue weighted by molar-refractivity contribution is -0.125. The number of carbonyl (C=O) groups excluding carboxylic acids is 1. The summed E-state index contributed by atoms with van der Waals surface area (Å²) in [6.45, 7) is 6.80. The molecule has 0 spiro atoms. The SMILES string of the molecule is CCCCc1ccc2oc(N3CCC(CNC(=O)C4CCNCC4)CC3)nc2c1. The molecule has 2 N–H and O–H groups in total. The maximum Gasteiger partial charge on any atom is 0.298 e. The van der Waals surface area contributed by atoms with E-state index in [1.807, 2.05) is 0 Å². The van der Waals surface area contributed by atoms with Crippen LogP contribution in [-0.4, -0.2) is 43.6 Å². The van der Waals surface area contributed by atoms with Crippen LogP contribution in [0.2, 0.25) is 0 Å². The lowest BCUT2D eigenvalue weighted by Crippen LogP contribution is -2.42. The minimum atomic E-state index is 0.193. The van der Waals surface area contributed by atoms with Crippen molar-refractivity contribution in [1.29, 1.82) is 0 Å². The average Bonchev–Trinajstić information content (AvgIpc) is 3.20. The Hall–Kier alpha value is -2.08. The first-order chi connectivity index (χ1) is 14.2. The third-order valence-electron chi connectivity index (χ3n) is 6.42. The number of hydrogen-bond donors (Lipinski definition) is 2. The first-order valence-electron chi connectivity index (χ1n) is 11.4. The van der Waals surface area contributed by atoms with Gasteiger partial charge in [-0.3, -0.25) is 4.79 Å². The molecule has 0 saturated carbocycles. The van der Waals surface area contributed by atoms with Crippen molar-refractivity contribution in [2.45, 2.75) is 51.9 Å². The van der Waals surface area contributed by atoms with Crippen LogP contribution >= 0.6 is 0 Å². The Bertz CT molecular complexity index is 804. The molecule has 0 bridgehead atoms. The largest absolute Gasteiger partial charge is 0.423 e. The Balaban J connectivity index is 1.27. The van der Waals surface area contributed by atoms with Crippen molar-refractivity contribution in [2.75, 3.05) is 37.6 Å². The minimum Gasteiger partial charge on any atom is -0.423 e. The highest BCUT2D eigenvalue weighted by Crippen LogP contribution is 2.27. The molecule has 2 aromatic rings. The lowest BCUT2D eigenvalue weighted by atomic mass is 9.95. The van der Waals surface area contributed by atoms with E-state index in [1.54, 1.807) is 0 Å². The molecule has 2 saturated heterocycles. The first kappa shape index (κ1) is 20.2. The van der Waals surface area contributed by atoms with Gasteiger partial charge in [-0.2, -0.15) is 4.98 Å². The van der Waals surface area contributed by atoms with Gasteiger partial charge in [-0.05, 0) is 75.2 Å². The number of fused-ring (bicyclic) bond motifs is 1. The van der Waals surface area contributed by atoms with Crippen LogP contribution in [0.15, 0.2) is 22.6 Å². The van der Waals surface area contributed by atoms with Crippen LogP contribution in [-0.2, 0) is 11.2 Å². The molecular formula is C23H34N4O2. The van der Waals surface area contributed by atoms with E-state index in [9.17, 15) is 4.79 Å². The molecule has 6 nitrogen and oxygen atoms in total. The van der Waals surface area contributed by atoms with Crippen molar-refractivity contribution in [2.24, 2.45) is 11.8 Å². The highest BCUT2D eigenvalue weighted by Gasteiger charge is 2.25. The fourth-order valence-electron chi connectivity index (χ4n) is 4.43. The van der Waals surface area contributed by atoms with Gasteiger partial charge in [0.25, 0.3) is 6.01 Å². The van der Waals surface area contributed by atoms with Gasteiger partial charge in [-0.15, -0.1) is 0 Å². The summed E-state index contributed by atoms with van der Waals surface area (Å²) >= 11 is 0. The second kappa shape index (κ2) is 9.61. The molecule has 1 amide bonds. The van der Waals surface area contributed by atoms with Crippen LogP contribution < -0.4 is 15.5 Å². The summed E-state index contributed by atoms with van der Waals surface area (Å²) in [6.07, 6.45) is 7.56. The van der Waals surface area contributed by atoms with Crippen LogP contribution in [0.3, 0.4) is 0 Å². The van der Waals surface area contributed by atoms with Crippen LogP contribution in [0.1, 0.15) is 51.0 Å². The van der Waals surface area contributed by atoms with Gasteiger partial charge in [0.05, 0.1) is 0 Å². The second-order valence-electron chi connectivity index (χ2n) is 8.60. The fourth-order valence-corrected chi connectivity index (χ4v) is 4.43. The van der Waals surface area contributed by atoms with Gasteiger partial charge >= 0.3 is 0 Å². The molecule has 0 aliphatic carbocycles. The summed E-state index contributed by atoms with van der Waals surface area (Å²) < 4.78 is 6.02. The average molecular weight is 399 g/mol. The summed E-state index contributed by atoms with van der Waals surface area (Å²) in [5, 5.41) is 6.51. The van der Waals surface area contributed by atoms with Gasteiger partial charge in [0.2, 0.25) is 5.91 Å². The number of rotatable bonds is 7. The first-order valence-corrected chi connectivity index (χ1v) is 11.4. The number of unbranched alkanes of at least 4 members (excludes halogenated alkanes) is 1. The maximum absolute atomic E-state index is 12.3. The number of aryl methyl sites for hydroxylation is 1. The molecule has 2 aliphatic rings. The topological polar surface area (TPSA) is 70.4 Å². The van der Waals surface area contributed by atoms with E-state index in [4.69, 9.17) is 9.40 Å². The Morgan fingerprint density at radius 2 is 2.03 bits per heavy atom. The molecule has 0 radical (unpaired) electrons. The van der Waals surface area contributed by atoms with Crippen molar-refractivity contribution in [1.82, 2.24) is 15.6 Å². The third-order valence-corrected chi connectivity index (χ3v) is 6.42. The van der Waals surface area contributed by atoms with E-state index < -0.39 is 0 Å². The normalized spacial score (nSPS) is 19.0. The van der Waals surface area contributed by atoms with E-state index in [2.05, 4.69) is 40.7 Å². The van der Waals surface area contributed by atoms with Crippen molar-refractivity contribution in [3.05, 3.63) is 23.8 Å². The predicted molar refractivity (Wildman–Crippen MR) is 116 cm³/mol. The molecule has 0 atom stereocenters. The summed E-state index contributed by atoms with van der Waals surface area (Å²) in [4.78, 5) is 19.3. The second-order valence-corrected chi connectivity index (χ2v) is 8.60. The number of amides is 1. The van der Waals surface area contributed by atoms with E-state index in [1.165, 1.54) is 18.4 Å². The number of anilines is 1. The quantitative estimate of drug-likeness (QED) is 0.747. The van der Waals surface area contributed by atoms with Crippen LogP contribution in [0.5, 0.6) is 0 Å². The van der Waals surface area contributed by atoms with Crippen molar-refractivity contribution < 1.29 is 9.21 Å². The molecule has 2 fully saturated rings. The molecule has 29 heavy (non-hydrogen) atoms. The number of oxazole rings is 1. The number of nitrogens with one attached hydrogen (secondary N) is 2. The smallest absolute Gasteiger partial charge is 0.298 e. The number of aromatic nitrogens is 1. The van der Waals surface area contributed by atoms with Crippen molar-refractivity contribution in [3.8, 4) is 0 Å². The Morgan fingerprint density at radius 3 is 2.79 bits per heavy atom. The Labute approximate surface area is 173 Å². The van der Waals surface area contributed by atoms with Crippen LogP contribution in [0, 0.1) is 11.8 Å². The zero-order valence-corrected chi connectivity index (χ0v) is 17.6. The molecular weight excluding hydrogens is 364 g/mol. The number of piperidine rings is 2. The van der Waals surface area contributed by atoms with Gasteiger partial charge in [0.15, 0.2) is 5.58 Å².